The number of methoxy groups -OCH3 is 1. The van der Waals surface area contributed by atoms with Crippen molar-refractivity contribution < 1.29 is 14.3 Å². The molecule has 2 aromatic carbocycles. The summed E-state index contributed by atoms with van der Waals surface area (Å²) in [5, 5.41) is 3.18. The van der Waals surface area contributed by atoms with Gasteiger partial charge in [0.2, 0.25) is 0 Å². The lowest BCUT2D eigenvalue weighted by atomic mass is 9.75. The predicted octanol–water partition coefficient (Wildman–Crippen LogP) is 5.25. The summed E-state index contributed by atoms with van der Waals surface area (Å²) in [4.78, 5) is 27.6. The van der Waals surface area contributed by atoms with E-state index < -0.39 is 0 Å². The molecule has 2 aromatic rings. The summed E-state index contributed by atoms with van der Waals surface area (Å²) in [7, 11) is 1.53. The largest absolute Gasteiger partial charge is 0.496 e. The average molecular weight is 427 g/mol. The topological polar surface area (TPSA) is 58.6 Å². The summed E-state index contributed by atoms with van der Waals surface area (Å²) in [6, 6.07) is 12.1. The second-order valence-electron chi connectivity index (χ2n) is 8.19. The predicted molar refractivity (Wildman–Crippen MR) is 118 cm³/mol. The molecule has 1 N–H and O–H groups in total. The van der Waals surface area contributed by atoms with Crippen molar-refractivity contribution in [2.75, 3.05) is 25.5 Å². The maximum atomic E-state index is 13.1. The van der Waals surface area contributed by atoms with Crippen molar-refractivity contribution in [2.24, 2.45) is 11.8 Å². The minimum absolute atomic E-state index is 0.0216. The number of amides is 2. The minimum atomic E-state index is -0.290. The molecule has 4 rings (SSSR count). The maximum absolute atomic E-state index is 13.1. The number of nitrogens with zero attached hydrogens (tertiary/aromatic N) is 1. The second-order valence-corrected chi connectivity index (χ2v) is 8.60. The van der Waals surface area contributed by atoms with E-state index in [9.17, 15) is 9.59 Å². The summed E-state index contributed by atoms with van der Waals surface area (Å²) in [5.41, 5.74) is 1.46. The summed E-state index contributed by atoms with van der Waals surface area (Å²) in [6.07, 6.45) is 6.19. The summed E-state index contributed by atoms with van der Waals surface area (Å²) in [6.45, 7) is 1.62. The molecule has 1 heterocycles. The lowest BCUT2D eigenvalue weighted by Crippen LogP contribution is -2.44. The number of rotatable bonds is 4. The molecular formula is C24H27ClN2O3. The van der Waals surface area contributed by atoms with Crippen LogP contribution in [-0.4, -0.2) is 36.9 Å². The highest BCUT2D eigenvalue weighted by atomic mass is 35.5. The molecule has 0 spiro atoms. The highest BCUT2D eigenvalue weighted by molar-refractivity contribution is 6.34. The van der Waals surface area contributed by atoms with Gasteiger partial charge in [-0.1, -0.05) is 43.0 Å². The molecule has 0 radical (unpaired) electrons. The first kappa shape index (κ1) is 20.7. The third kappa shape index (κ3) is 4.31. The molecule has 1 saturated heterocycles. The van der Waals surface area contributed by atoms with Crippen LogP contribution >= 0.6 is 11.6 Å². The zero-order valence-corrected chi connectivity index (χ0v) is 18.0. The number of likely N-dealkylation sites (tertiary alicyclic amines) is 1. The van der Waals surface area contributed by atoms with Crippen LogP contribution in [0.2, 0.25) is 5.02 Å². The fraction of sp³-hybridized carbons (Fsp3) is 0.417. The summed E-state index contributed by atoms with van der Waals surface area (Å²) < 4.78 is 5.25. The highest BCUT2D eigenvalue weighted by Gasteiger charge is 2.33. The van der Waals surface area contributed by atoms with Crippen LogP contribution in [-0.2, 0) is 0 Å². The monoisotopic (exact) mass is 426 g/mol. The van der Waals surface area contributed by atoms with E-state index in [1.54, 1.807) is 36.4 Å². The summed E-state index contributed by atoms with van der Waals surface area (Å²) in [5.74, 6) is 1.58. The van der Waals surface area contributed by atoms with Crippen LogP contribution in [0.3, 0.4) is 0 Å². The smallest absolute Gasteiger partial charge is 0.259 e. The molecule has 1 aliphatic carbocycles. The van der Waals surface area contributed by atoms with Gasteiger partial charge in [0, 0.05) is 18.8 Å². The Morgan fingerprint density at radius 1 is 1.03 bits per heavy atom. The van der Waals surface area contributed by atoms with E-state index in [0.29, 0.717) is 33.5 Å². The molecule has 2 amide bonds. The van der Waals surface area contributed by atoms with Gasteiger partial charge in [-0.15, -0.1) is 0 Å². The van der Waals surface area contributed by atoms with Gasteiger partial charge in [-0.25, -0.2) is 0 Å². The Bertz CT molecular complexity index is 946. The van der Waals surface area contributed by atoms with Crippen LogP contribution in [0.5, 0.6) is 5.75 Å². The first-order chi connectivity index (χ1) is 14.6. The number of piperidine rings is 1. The zero-order chi connectivity index (χ0) is 21.1. The van der Waals surface area contributed by atoms with Crippen LogP contribution in [0.15, 0.2) is 42.5 Å². The lowest BCUT2D eigenvalue weighted by Gasteiger charge is -2.41. The molecule has 30 heavy (non-hydrogen) atoms. The standard InChI is InChI=1S/C24H27ClN2O3/c1-30-22-9-5-4-8-20(22)23(28)26-18-10-11-19(21(25)14-18)24(29)27-13-12-16-6-2-3-7-17(16)15-27/h4-5,8-11,14,16-17H,2-3,6-7,12-13,15H2,1H3,(H,26,28). The van der Waals surface area contributed by atoms with Crippen molar-refractivity contribution >= 4 is 29.1 Å². The van der Waals surface area contributed by atoms with E-state index in [1.165, 1.54) is 32.8 Å². The minimum Gasteiger partial charge on any atom is -0.496 e. The van der Waals surface area contributed by atoms with Crippen molar-refractivity contribution in [3.05, 3.63) is 58.6 Å². The van der Waals surface area contributed by atoms with E-state index in [4.69, 9.17) is 16.3 Å². The van der Waals surface area contributed by atoms with Gasteiger partial charge in [0.1, 0.15) is 5.75 Å². The number of carbonyl (C=O) groups excluding carboxylic acids is 2. The van der Waals surface area contributed by atoms with Crippen molar-refractivity contribution in [1.29, 1.82) is 0 Å². The molecule has 2 fully saturated rings. The van der Waals surface area contributed by atoms with E-state index in [2.05, 4.69) is 5.32 Å². The Kier molecular flexibility index (Phi) is 6.28. The zero-order valence-electron chi connectivity index (χ0n) is 17.2. The molecule has 1 saturated carbocycles. The van der Waals surface area contributed by atoms with Crippen molar-refractivity contribution in [3.8, 4) is 5.75 Å². The van der Waals surface area contributed by atoms with Crippen molar-refractivity contribution in [3.63, 3.8) is 0 Å². The lowest BCUT2D eigenvalue weighted by molar-refractivity contribution is 0.0521. The molecular weight excluding hydrogens is 400 g/mol. The van der Waals surface area contributed by atoms with Crippen molar-refractivity contribution in [2.45, 2.75) is 32.1 Å². The van der Waals surface area contributed by atoms with Gasteiger partial charge in [-0.2, -0.15) is 0 Å². The normalized spacial score (nSPS) is 20.9. The Balaban J connectivity index is 1.45. The molecule has 5 nitrogen and oxygen atoms in total. The number of para-hydroxylation sites is 1. The molecule has 2 aliphatic rings. The molecule has 2 unspecified atom stereocenters. The first-order valence-corrected chi connectivity index (χ1v) is 11.0. The number of hydrogen-bond donors (Lipinski definition) is 1. The molecule has 0 bridgehead atoms. The Morgan fingerprint density at radius 2 is 1.80 bits per heavy atom. The molecule has 6 heteroatoms. The number of ether oxygens (including phenoxy) is 1. The van der Waals surface area contributed by atoms with Crippen LogP contribution in [0.25, 0.3) is 0 Å². The Morgan fingerprint density at radius 3 is 2.57 bits per heavy atom. The van der Waals surface area contributed by atoms with Gasteiger partial charge in [-0.3, -0.25) is 9.59 Å². The van der Waals surface area contributed by atoms with E-state index in [1.807, 2.05) is 11.0 Å². The highest BCUT2D eigenvalue weighted by Crippen LogP contribution is 2.37. The van der Waals surface area contributed by atoms with E-state index in [-0.39, 0.29) is 11.8 Å². The fourth-order valence-electron chi connectivity index (χ4n) is 4.75. The third-order valence-electron chi connectivity index (χ3n) is 6.39. The number of carbonyl (C=O) groups is 2. The SMILES string of the molecule is COc1ccccc1C(=O)Nc1ccc(C(=O)N2CCC3CCCCC3C2)c(Cl)c1. The Labute approximate surface area is 182 Å². The van der Waals surface area contributed by atoms with Crippen LogP contribution in [0.1, 0.15) is 52.8 Å². The van der Waals surface area contributed by atoms with E-state index >= 15 is 0 Å². The first-order valence-electron chi connectivity index (χ1n) is 10.6. The van der Waals surface area contributed by atoms with Gasteiger partial charge in [0.25, 0.3) is 11.8 Å². The van der Waals surface area contributed by atoms with Gasteiger partial charge < -0.3 is 15.0 Å². The number of nitrogens with one attached hydrogen (secondary N) is 1. The van der Waals surface area contributed by atoms with E-state index in [0.717, 1.165) is 25.4 Å². The molecule has 1 aliphatic heterocycles. The maximum Gasteiger partial charge on any atom is 0.259 e. The van der Waals surface area contributed by atoms with Gasteiger partial charge in [0.05, 0.1) is 23.3 Å². The quantitative estimate of drug-likeness (QED) is 0.726. The Hall–Kier alpha value is -2.53. The van der Waals surface area contributed by atoms with Crippen LogP contribution in [0.4, 0.5) is 5.69 Å². The molecule has 158 valence electrons. The third-order valence-corrected chi connectivity index (χ3v) is 6.70. The molecule has 2 atom stereocenters. The number of anilines is 1. The van der Waals surface area contributed by atoms with Gasteiger partial charge >= 0.3 is 0 Å². The van der Waals surface area contributed by atoms with Crippen LogP contribution in [0, 0.1) is 11.8 Å². The second kappa shape index (κ2) is 9.09. The number of benzene rings is 2. The van der Waals surface area contributed by atoms with Crippen molar-refractivity contribution in [1.82, 2.24) is 4.90 Å². The molecule has 0 aromatic heterocycles. The van der Waals surface area contributed by atoms with Gasteiger partial charge in [-0.05, 0) is 55.0 Å². The summed E-state index contributed by atoms with van der Waals surface area (Å²) >= 11 is 6.45. The average Bonchev–Trinajstić information content (AvgIpc) is 2.78. The number of hydrogen-bond acceptors (Lipinski definition) is 3. The fourth-order valence-corrected chi connectivity index (χ4v) is 5.01. The number of fused-ring (bicyclic) bond motifs is 1. The van der Waals surface area contributed by atoms with Gasteiger partial charge in [0.15, 0.2) is 0 Å². The van der Waals surface area contributed by atoms with Crippen LogP contribution < -0.4 is 10.1 Å². The number of halogens is 1.